The van der Waals surface area contributed by atoms with E-state index < -0.39 is 5.97 Å². The Kier molecular flexibility index (Phi) is 6.24. The lowest BCUT2D eigenvalue weighted by Gasteiger charge is -2.21. The fraction of sp³-hybridized carbons (Fsp3) is 0.692. The first kappa shape index (κ1) is 15.9. The van der Waals surface area contributed by atoms with Crippen LogP contribution >= 0.6 is 11.3 Å². The number of carboxylic acid groups (broad SMARTS) is 1. The molecule has 2 N–H and O–H groups in total. The number of carboxylic acids is 1. The van der Waals surface area contributed by atoms with Gasteiger partial charge in [0.15, 0.2) is 0 Å². The van der Waals surface area contributed by atoms with Gasteiger partial charge in [0.25, 0.3) is 0 Å². The van der Waals surface area contributed by atoms with Crippen LogP contribution in [-0.2, 0) is 11.3 Å². The van der Waals surface area contributed by atoms with Crippen molar-refractivity contribution < 1.29 is 9.90 Å². The number of aromatic amines is 1. The van der Waals surface area contributed by atoms with Gasteiger partial charge in [-0.3, -0.25) is 14.5 Å². The van der Waals surface area contributed by atoms with Crippen molar-refractivity contribution in [2.24, 2.45) is 0 Å². The maximum absolute atomic E-state index is 11.5. The van der Waals surface area contributed by atoms with E-state index in [9.17, 15) is 9.59 Å². The standard InChI is InChI=1S/C13H22N2O3S/c1-4-6-15(7-5-11(16)17)8-10-12(9(2)3)14-13(18)19-10/h9H,4-8H2,1-3H3,(H,14,18)(H,16,17). The zero-order chi connectivity index (χ0) is 14.4. The fourth-order valence-corrected chi connectivity index (χ4v) is 3.03. The summed E-state index contributed by atoms with van der Waals surface area (Å²) in [7, 11) is 0. The zero-order valence-electron chi connectivity index (χ0n) is 11.7. The molecule has 0 fully saturated rings. The number of nitrogens with one attached hydrogen (secondary N) is 1. The van der Waals surface area contributed by atoms with E-state index in [2.05, 4.69) is 16.8 Å². The van der Waals surface area contributed by atoms with Crippen molar-refractivity contribution >= 4 is 17.3 Å². The highest BCUT2D eigenvalue weighted by Crippen LogP contribution is 2.20. The summed E-state index contributed by atoms with van der Waals surface area (Å²) < 4.78 is 0. The minimum Gasteiger partial charge on any atom is -0.481 e. The monoisotopic (exact) mass is 286 g/mol. The van der Waals surface area contributed by atoms with Crippen LogP contribution in [0.4, 0.5) is 0 Å². The first-order valence-electron chi connectivity index (χ1n) is 6.60. The summed E-state index contributed by atoms with van der Waals surface area (Å²) in [6.07, 6.45) is 1.10. The lowest BCUT2D eigenvalue weighted by atomic mass is 10.1. The predicted molar refractivity (Wildman–Crippen MR) is 76.8 cm³/mol. The topological polar surface area (TPSA) is 73.4 Å². The van der Waals surface area contributed by atoms with Crippen LogP contribution in [0.3, 0.4) is 0 Å². The number of H-pyrrole nitrogens is 1. The van der Waals surface area contributed by atoms with Crippen molar-refractivity contribution in [1.29, 1.82) is 0 Å². The first-order chi connectivity index (χ1) is 8.93. The highest BCUT2D eigenvalue weighted by molar-refractivity contribution is 7.09. The Balaban J connectivity index is 2.77. The molecule has 5 nitrogen and oxygen atoms in total. The van der Waals surface area contributed by atoms with Crippen LogP contribution in [0.2, 0.25) is 0 Å². The second-order valence-electron chi connectivity index (χ2n) is 4.93. The molecule has 0 atom stereocenters. The Labute approximate surface area is 117 Å². The molecule has 0 saturated carbocycles. The molecule has 0 aromatic carbocycles. The SMILES string of the molecule is CCCN(CCC(=O)O)Cc1sc(=O)[nH]c1C(C)C. The molecule has 0 radical (unpaired) electrons. The Morgan fingerprint density at radius 3 is 2.63 bits per heavy atom. The van der Waals surface area contributed by atoms with Crippen molar-refractivity contribution in [3.8, 4) is 0 Å². The summed E-state index contributed by atoms with van der Waals surface area (Å²) >= 11 is 1.23. The molecule has 0 spiro atoms. The van der Waals surface area contributed by atoms with Gasteiger partial charge in [-0.1, -0.05) is 32.1 Å². The highest BCUT2D eigenvalue weighted by atomic mass is 32.1. The third kappa shape index (κ3) is 5.16. The summed E-state index contributed by atoms with van der Waals surface area (Å²) in [5.74, 6) is -0.510. The molecule has 0 saturated heterocycles. The smallest absolute Gasteiger partial charge is 0.304 e. The molecule has 1 aromatic heterocycles. The van der Waals surface area contributed by atoms with Crippen molar-refractivity contribution in [3.05, 3.63) is 20.2 Å². The van der Waals surface area contributed by atoms with Crippen LogP contribution in [0.25, 0.3) is 0 Å². The van der Waals surface area contributed by atoms with Gasteiger partial charge in [-0.15, -0.1) is 0 Å². The number of hydrogen-bond donors (Lipinski definition) is 2. The van der Waals surface area contributed by atoms with E-state index in [1.165, 1.54) is 11.3 Å². The lowest BCUT2D eigenvalue weighted by molar-refractivity contribution is -0.137. The van der Waals surface area contributed by atoms with Crippen molar-refractivity contribution in [1.82, 2.24) is 9.88 Å². The lowest BCUT2D eigenvalue weighted by Crippen LogP contribution is -2.27. The average molecular weight is 286 g/mol. The number of aromatic nitrogens is 1. The Hall–Kier alpha value is -1.14. The van der Waals surface area contributed by atoms with Gasteiger partial charge in [0.05, 0.1) is 6.42 Å². The van der Waals surface area contributed by atoms with Gasteiger partial charge in [-0.25, -0.2) is 0 Å². The van der Waals surface area contributed by atoms with E-state index in [0.717, 1.165) is 23.5 Å². The molecular formula is C13H22N2O3S. The molecule has 0 aliphatic heterocycles. The molecule has 19 heavy (non-hydrogen) atoms. The maximum atomic E-state index is 11.5. The molecule has 0 amide bonds. The molecule has 0 unspecified atom stereocenters. The normalized spacial score (nSPS) is 11.4. The highest BCUT2D eigenvalue weighted by Gasteiger charge is 2.15. The molecule has 0 aliphatic carbocycles. The minimum atomic E-state index is -0.785. The van der Waals surface area contributed by atoms with E-state index in [1.807, 2.05) is 13.8 Å². The number of hydrogen-bond acceptors (Lipinski definition) is 4. The summed E-state index contributed by atoms with van der Waals surface area (Å²) in [5.41, 5.74) is 0.978. The molecule has 1 heterocycles. The fourth-order valence-electron chi connectivity index (χ4n) is 2.00. The number of carbonyl (C=O) groups is 1. The van der Waals surface area contributed by atoms with E-state index in [0.29, 0.717) is 13.1 Å². The van der Waals surface area contributed by atoms with Crippen LogP contribution in [0.5, 0.6) is 0 Å². The quantitative estimate of drug-likeness (QED) is 0.768. The molecule has 0 bridgehead atoms. The van der Waals surface area contributed by atoms with Crippen molar-refractivity contribution in [3.63, 3.8) is 0 Å². The largest absolute Gasteiger partial charge is 0.481 e. The molecule has 6 heteroatoms. The van der Waals surface area contributed by atoms with Gasteiger partial charge in [0.2, 0.25) is 0 Å². The third-order valence-corrected chi connectivity index (χ3v) is 3.76. The Morgan fingerprint density at radius 1 is 1.42 bits per heavy atom. The molecule has 108 valence electrons. The van der Waals surface area contributed by atoms with E-state index in [-0.39, 0.29) is 17.2 Å². The number of nitrogens with zero attached hydrogens (tertiary/aromatic N) is 1. The van der Waals surface area contributed by atoms with E-state index >= 15 is 0 Å². The Bertz CT molecular complexity index is 465. The van der Waals surface area contributed by atoms with Gasteiger partial charge < -0.3 is 10.1 Å². The van der Waals surface area contributed by atoms with Gasteiger partial charge in [-0.2, -0.15) is 0 Å². The maximum Gasteiger partial charge on any atom is 0.304 e. The summed E-state index contributed by atoms with van der Waals surface area (Å²) in [6, 6.07) is 0. The van der Waals surface area contributed by atoms with Crippen LogP contribution in [0.1, 0.15) is 50.1 Å². The van der Waals surface area contributed by atoms with Gasteiger partial charge in [-0.05, 0) is 18.9 Å². The molecule has 1 rings (SSSR count). The molecule has 1 aromatic rings. The summed E-state index contributed by atoms with van der Waals surface area (Å²) in [6.45, 7) is 8.17. The second kappa shape index (κ2) is 7.45. The van der Waals surface area contributed by atoms with Crippen LogP contribution in [0, 0.1) is 0 Å². The average Bonchev–Trinajstić information content (AvgIpc) is 2.67. The van der Waals surface area contributed by atoms with Crippen LogP contribution in [-0.4, -0.2) is 34.0 Å². The van der Waals surface area contributed by atoms with E-state index in [4.69, 9.17) is 5.11 Å². The summed E-state index contributed by atoms with van der Waals surface area (Å²) in [5, 5.41) is 8.76. The minimum absolute atomic E-state index is 0.0339. The van der Waals surface area contributed by atoms with Gasteiger partial charge >= 0.3 is 10.8 Å². The second-order valence-corrected chi connectivity index (χ2v) is 5.99. The number of rotatable bonds is 8. The van der Waals surface area contributed by atoms with Gasteiger partial charge in [0, 0.05) is 23.7 Å². The Morgan fingerprint density at radius 2 is 2.11 bits per heavy atom. The van der Waals surface area contributed by atoms with Crippen molar-refractivity contribution in [2.45, 2.75) is 46.1 Å². The van der Waals surface area contributed by atoms with Crippen LogP contribution in [0.15, 0.2) is 4.79 Å². The number of aliphatic carboxylic acids is 1. The number of thiazole rings is 1. The zero-order valence-corrected chi connectivity index (χ0v) is 12.5. The van der Waals surface area contributed by atoms with Crippen molar-refractivity contribution in [2.75, 3.05) is 13.1 Å². The van der Waals surface area contributed by atoms with E-state index in [1.54, 1.807) is 0 Å². The third-order valence-electron chi connectivity index (χ3n) is 2.88. The predicted octanol–water partition coefficient (Wildman–Crippen LogP) is 2.25. The van der Waals surface area contributed by atoms with Crippen LogP contribution < -0.4 is 4.87 Å². The summed E-state index contributed by atoms with van der Waals surface area (Å²) in [4.78, 5) is 28.1. The molecule has 0 aliphatic rings. The first-order valence-corrected chi connectivity index (χ1v) is 7.41. The molecular weight excluding hydrogens is 264 g/mol. The van der Waals surface area contributed by atoms with Gasteiger partial charge in [0.1, 0.15) is 0 Å².